The van der Waals surface area contributed by atoms with Gasteiger partial charge in [-0.25, -0.2) is 0 Å². The second kappa shape index (κ2) is 46.3. The van der Waals surface area contributed by atoms with Gasteiger partial charge in [-0.15, -0.1) is 0 Å². The van der Waals surface area contributed by atoms with Crippen LogP contribution in [-0.4, -0.2) is 37.2 Å². The van der Waals surface area contributed by atoms with E-state index in [2.05, 4.69) is 63.3 Å². The Balaban J connectivity index is 4.55. The quantitative estimate of drug-likeness (QED) is 0.0201. The minimum Gasteiger partial charge on any atom is -0.462 e. The molecule has 58 heavy (non-hydrogen) atoms. The van der Waals surface area contributed by atoms with Crippen molar-refractivity contribution in [1.82, 2.24) is 0 Å². The predicted octanol–water partition coefficient (Wildman–Crippen LogP) is 15.3. The van der Waals surface area contributed by atoms with Crippen LogP contribution in [0.3, 0.4) is 0 Å². The molecule has 0 spiro atoms. The topological polar surface area (TPSA) is 78.9 Å². The summed E-state index contributed by atoms with van der Waals surface area (Å²) in [4.78, 5) is 37.8. The molecule has 0 heterocycles. The molecule has 0 aliphatic heterocycles. The lowest BCUT2D eigenvalue weighted by Crippen LogP contribution is -2.30. The standard InChI is InChI=1S/C52H86O6/c1-4-7-10-13-16-19-22-25-28-30-33-36-39-42-45-51(54)57-48-49(58-52(55)46-43-40-37-34-31-27-24-21-18-15-12-9-6-3)47-56-50(53)44-41-38-35-32-29-26-23-20-17-14-11-8-5-2/h9,12,15,18,21,24,26-31,35,38,49H,4-8,10-11,13-14,16-17,19-20,22-23,25,32-34,36-37,39-48H2,1-3H3/b12-9+,18-15+,24-21+,29-26+,30-28+,31-27+,38-35+. The molecule has 0 bridgehead atoms. The highest BCUT2D eigenvalue weighted by Crippen LogP contribution is 2.12. The molecule has 1 unspecified atom stereocenters. The number of hydrogen-bond donors (Lipinski definition) is 0. The molecule has 0 amide bonds. The molecule has 0 aromatic carbocycles. The van der Waals surface area contributed by atoms with Crippen LogP contribution < -0.4 is 0 Å². The Hall–Kier alpha value is -3.41. The van der Waals surface area contributed by atoms with Gasteiger partial charge in [0.2, 0.25) is 0 Å². The van der Waals surface area contributed by atoms with Gasteiger partial charge in [-0.05, 0) is 83.5 Å². The monoisotopic (exact) mass is 807 g/mol. The predicted molar refractivity (Wildman–Crippen MR) is 247 cm³/mol. The highest BCUT2D eigenvalue weighted by atomic mass is 16.6. The van der Waals surface area contributed by atoms with Crippen LogP contribution in [-0.2, 0) is 28.6 Å². The third kappa shape index (κ3) is 43.7. The maximum Gasteiger partial charge on any atom is 0.306 e. The Kier molecular flexibility index (Phi) is 43.6. The summed E-state index contributed by atoms with van der Waals surface area (Å²) in [5, 5.41) is 0. The summed E-state index contributed by atoms with van der Waals surface area (Å²) in [5.41, 5.74) is 0. The van der Waals surface area contributed by atoms with Gasteiger partial charge < -0.3 is 14.2 Å². The first-order valence-corrected chi connectivity index (χ1v) is 23.6. The fraction of sp³-hybridized carbons (Fsp3) is 0.673. The Bertz CT molecular complexity index is 1160. The van der Waals surface area contributed by atoms with Gasteiger partial charge in [0, 0.05) is 19.3 Å². The van der Waals surface area contributed by atoms with Gasteiger partial charge in [0.1, 0.15) is 13.2 Å². The van der Waals surface area contributed by atoms with E-state index in [4.69, 9.17) is 14.2 Å². The van der Waals surface area contributed by atoms with E-state index in [1.165, 1.54) is 83.5 Å². The third-order valence-corrected chi connectivity index (χ3v) is 9.71. The summed E-state index contributed by atoms with van der Waals surface area (Å²) in [7, 11) is 0. The molecule has 6 heteroatoms. The number of carbonyl (C=O) groups excluding carboxylic acids is 3. The summed E-state index contributed by atoms with van der Waals surface area (Å²) in [6.45, 7) is 6.36. The molecular formula is C52H86O6. The number of carbonyl (C=O) groups is 3. The number of rotatable bonds is 41. The second-order valence-corrected chi connectivity index (χ2v) is 15.4. The Morgan fingerprint density at radius 3 is 1.31 bits per heavy atom. The molecule has 0 aromatic rings. The van der Waals surface area contributed by atoms with E-state index < -0.39 is 6.10 Å². The zero-order valence-corrected chi connectivity index (χ0v) is 37.5. The van der Waals surface area contributed by atoms with Crippen LogP contribution in [0.15, 0.2) is 85.1 Å². The summed E-state index contributed by atoms with van der Waals surface area (Å²) in [6.07, 6.45) is 58.7. The van der Waals surface area contributed by atoms with Crippen molar-refractivity contribution < 1.29 is 28.6 Å². The van der Waals surface area contributed by atoms with Gasteiger partial charge in [0.25, 0.3) is 0 Å². The number of allylic oxidation sites excluding steroid dienone is 14. The molecule has 0 saturated carbocycles. The third-order valence-electron chi connectivity index (χ3n) is 9.71. The largest absolute Gasteiger partial charge is 0.462 e. The molecule has 1 atom stereocenters. The molecular weight excluding hydrogens is 721 g/mol. The maximum absolute atomic E-state index is 12.7. The molecule has 330 valence electrons. The molecule has 0 aromatic heterocycles. The van der Waals surface area contributed by atoms with Gasteiger partial charge in [0.15, 0.2) is 6.10 Å². The minimum absolute atomic E-state index is 0.118. The molecule has 0 aliphatic rings. The number of unbranched alkanes of at least 4 members (excludes halogenated alkanes) is 19. The normalized spacial score (nSPS) is 12.8. The van der Waals surface area contributed by atoms with Crippen LogP contribution in [0.25, 0.3) is 0 Å². The maximum atomic E-state index is 12.7. The summed E-state index contributed by atoms with van der Waals surface area (Å²) in [6, 6.07) is 0. The first-order chi connectivity index (χ1) is 28.5. The lowest BCUT2D eigenvalue weighted by Gasteiger charge is -2.18. The second-order valence-electron chi connectivity index (χ2n) is 15.4. The van der Waals surface area contributed by atoms with Crippen LogP contribution in [0.5, 0.6) is 0 Å². The first-order valence-electron chi connectivity index (χ1n) is 23.6. The van der Waals surface area contributed by atoms with Gasteiger partial charge in [-0.2, -0.15) is 0 Å². The zero-order chi connectivity index (χ0) is 42.3. The molecule has 0 radical (unpaired) electrons. The first kappa shape index (κ1) is 54.6. The Morgan fingerprint density at radius 1 is 0.379 bits per heavy atom. The molecule has 6 nitrogen and oxygen atoms in total. The Labute approximate surface area is 356 Å². The van der Waals surface area contributed by atoms with Crippen molar-refractivity contribution in [2.75, 3.05) is 13.2 Å². The van der Waals surface area contributed by atoms with Crippen LogP contribution in [0.1, 0.15) is 207 Å². The zero-order valence-electron chi connectivity index (χ0n) is 37.5. The van der Waals surface area contributed by atoms with E-state index in [0.717, 1.165) is 70.6 Å². The van der Waals surface area contributed by atoms with Gasteiger partial charge in [-0.3, -0.25) is 14.4 Å². The van der Waals surface area contributed by atoms with Crippen molar-refractivity contribution in [3.63, 3.8) is 0 Å². The summed E-state index contributed by atoms with van der Waals surface area (Å²) < 4.78 is 16.6. The highest BCUT2D eigenvalue weighted by molar-refractivity contribution is 5.71. The lowest BCUT2D eigenvalue weighted by molar-refractivity contribution is -0.166. The molecule has 0 fully saturated rings. The van der Waals surface area contributed by atoms with Crippen molar-refractivity contribution in [3.8, 4) is 0 Å². The van der Waals surface area contributed by atoms with Crippen molar-refractivity contribution in [3.05, 3.63) is 85.1 Å². The molecule has 0 N–H and O–H groups in total. The number of ether oxygens (including phenoxy) is 3. The van der Waals surface area contributed by atoms with Crippen LogP contribution >= 0.6 is 0 Å². The van der Waals surface area contributed by atoms with Crippen LogP contribution in [0.2, 0.25) is 0 Å². The van der Waals surface area contributed by atoms with E-state index >= 15 is 0 Å². The van der Waals surface area contributed by atoms with Crippen LogP contribution in [0, 0.1) is 0 Å². The fourth-order valence-electron chi connectivity index (χ4n) is 6.15. The van der Waals surface area contributed by atoms with Gasteiger partial charge >= 0.3 is 17.9 Å². The average molecular weight is 807 g/mol. The smallest absolute Gasteiger partial charge is 0.306 e. The summed E-state index contributed by atoms with van der Waals surface area (Å²) >= 11 is 0. The number of esters is 3. The van der Waals surface area contributed by atoms with E-state index in [-0.39, 0.29) is 44.0 Å². The van der Waals surface area contributed by atoms with Crippen molar-refractivity contribution >= 4 is 17.9 Å². The van der Waals surface area contributed by atoms with Crippen LogP contribution in [0.4, 0.5) is 0 Å². The fourth-order valence-corrected chi connectivity index (χ4v) is 6.15. The SMILES string of the molecule is CC/C=C/C=C/C=C/C=C/CCCCCC(=O)OC(COC(=O)CC/C=C/C/C=C/CCCCCCCC)COC(=O)CCCCC/C=C/CCCCCCCCC. The van der Waals surface area contributed by atoms with E-state index in [0.29, 0.717) is 19.3 Å². The Morgan fingerprint density at radius 2 is 0.776 bits per heavy atom. The van der Waals surface area contributed by atoms with E-state index in [1.54, 1.807) is 0 Å². The van der Waals surface area contributed by atoms with E-state index in [9.17, 15) is 14.4 Å². The van der Waals surface area contributed by atoms with E-state index in [1.807, 2.05) is 42.5 Å². The minimum atomic E-state index is -0.824. The van der Waals surface area contributed by atoms with Gasteiger partial charge in [-0.1, -0.05) is 189 Å². The van der Waals surface area contributed by atoms with Crippen molar-refractivity contribution in [2.24, 2.45) is 0 Å². The number of hydrogen-bond acceptors (Lipinski definition) is 6. The molecule has 0 aliphatic carbocycles. The van der Waals surface area contributed by atoms with Gasteiger partial charge in [0.05, 0.1) is 0 Å². The van der Waals surface area contributed by atoms with Crippen molar-refractivity contribution in [2.45, 2.75) is 213 Å². The highest BCUT2D eigenvalue weighted by Gasteiger charge is 2.19. The summed E-state index contributed by atoms with van der Waals surface area (Å²) in [5.74, 6) is -1.05. The van der Waals surface area contributed by atoms with Crippen molar-refractivity contribution in [1.29, 1.82) is 0 Å². The molecule has 0 saturated heterocycles. The lowest BCUT2D eigenvalue weighted by atomic mass is 10.1. The molecule has 0 rings (SSSR count). The average Bonchev–Trinajstić information content (AvgIpc) is 3.22.